The maximum Gasteiger partial charge on any atom is 0.232 e. The summed E-state index contributed by atoms with van der Waals surface area (Å²) in [6, 6.07) is 9.76. The van der Waals surface area contributed by atoms with E-state index in [9.17, 15) is 4.79 Å². The molecule has 2 aromatic rings. The third-order valence-electron chi connectivity index (χ3n) is 3.18. The first-order valence-electron chi connectivity index (χ1n) is 6.53. The molecule has 4 nitrogen and oxygen atoms in total. The quantitative estimate of drug-likeness (QED) is 0.830. The molecule has 1 atom stereocenters. The summed E-state index contributed by atoms with van der Waals surface area (Å²) in [5.74, 6) is -0.551. The predicted molar refractivity (Wildman–Crippen MR) is 89.0 cm³/mol. The number of hydrogen-bond donors (Lipinski definition) is 1. The topological polar surface area (TPSA) is 59.2 Å². The lowest BCUT2D eigenvalue weighted by Crippen LogP contribution is -2.40. The van der Waals surface area contributed by atoms with Crippen LogP contribution in [0.15, 0.2) is 41.2 Å². The zero-order chi connectivity index (χ0) is 15.2. The molecule has 2 rings (SSSR count). The van der Waals surface area contributed by atoms with Crippen LogP contribution in [0.4, 0.5) is 0 Å². The molecule has 0 spiro atoms. The van der Waals surface area contributed by atoms with Crippen LogP contribution in [-0.2, 0) is 17.8 Å². The van der Waals surface area contributed by atoms with Crippen molar-refractivity contribution in [3.05, 3.63) is 52.5 Å². The molecule has 0 bridgehead atoms. The summed E-state index contributed by atoms with van der Waals surface area (Å²) in [4.78, 5) is 18.6. The molecule has 1 amide bonds. The van der Waals surface area contributed by atoms with E-state index >= 15 is 0 Å². The molecular weight excluding hydrogens is 302 g/mol. The maximum absolute atomic E-state index is 12.5. The Hall–Kier alpha value is -1.79. The van der Waals surface area contributed by atoms with Crippen molar-refractivity contribution < 1.29 is 4.79 Å². The molecule has 0 saturated carbocycles. The third kappa shape index (κ3) is 4.34. The largest absolute Gasteiger partial charge is 0.393 e. The van der Waals surface area contributed by atoms with Crippen molar-refractivity contribution in [3.63, 3.8) is 0 Å². The number of nitrogens with zero attached hydrogens (tertiary/aromatic N) is 2. The number of carbonyl (C=O) groups excluding carboxylic acids is 1. The van der Waals surface area contributed by atoms with Gasteiger partial charge in [-0.3, -0.25) is 4.79 Å². The standard InChI is InChI=1S/C15H17N3OS2/c1-18(8-12-9-21-10-17-12)15(19)13(14(16)20)7-11-5-3-2-4-6-11/h2-6,9-10,13H,7-8H2,1H3,(H2,16,20). The van der Waals surface area contributed by atoms with E-state index in [0.29, 0.717) is 13.0 Å². The third-order valence-corrected chi connectivity index (χ3v) is 4.10. The number of aromatic nitrogens is 1. The lowest BCUT2D eigenvalue weighted by Gasteiger charge is -2.22. The minimum absolute atomic E-state index is 0.0700. The number of hydrogen-bond acceptors (Lipinski definition) is 4. The van der Waals surface area contributed by atoms with E-state index < -0.39 is 5.92 Å². The lowest BCUT2D eigenvalue weighted by atomic mass is 9.98. The van der Waals surface area contributed by atoms with E-state index in [4.69, 9.17) is 18.0 Å². The molecule has 2 N–H and O–H groups in total. The van der Waals surface area contributed by atoms with Crippen molar-refractivity contribution in [2.24, 2.45) is 11.7 Å². The summed E-state index contributed by atoms with van der Waals surface area (Å²) in [7, 11) is 1.75. The zero-order valence-corrected chi connectivity index (χ0v) is 13.4. The molecule has 1 aromatic carbocycles. The first kappa shape index (κ1) is 15.6. The summed E-state index contributed by atoms with van der Waals surface area (Å²) in [5, 5.41) is 1.93. The Morgan fingerprint density at radius 2 is 2.14 bits per heavy atom. The molecular formula is C15H17N3OS2. The number of thiazole rings is 1. The average Bonchev–Trinajstić information content (AvgIpc) is 2.97. The van der Waals surface area contributed by atoms with Gasteiger partial charge in [-0.05, 0) is 12.0 Å². The minimum Gasteiger partial charge on any atom is -0.393 e. The van der Waals surface area contributed by atoms with E-state index in [1.54, 1.807) is 17.5 Å². The Balaban J connectivity index is 2.06. The summed E-state index contributed by atoms with van der Waals surface area (Å²) >= 11 is 6.59. The maximum atomic E-state index is 12.5. The van der Waals surface area contributed by atoms with Gasteiger partial charge in [0.25, 0.3) is 0 Å². The second-order valence-electron chi connectivity index (χ2n) is 4.82. The number of thiocarbonyl (C=S) groups is 1. The molecule has 0 aliphatic heterocycles. The second kappa shape index (κ2) is 7.28. The second-order valence-corrected chi connectivity index (χ2v) is 6.01. The molecule has 6 heteroatoms. The van der Waals surface area contributed by atoms with Gasteiger partial charge < -0.3 is 10.6 Å². The van der Waals surface area contributed by atoms with Crippen LogP contribution in [0.2, 0.25) is 0 Å². The van der Waals surface area contributed by atoms with E-state index in [2.05, 4.69) is 4.98 Å². The van der Waals surface area contributed by atoms with Gasteiger partial charge in [-0.15, -0.1) is 11.3 Å². The van der Waals surface area contributed by atoms with Gasteiger partial charge in [0.15, 0.2) is 0 Å². The van der Waals surface area contributed by atoms with Gasteiger partial charge >= 0.3 is 0 Å². The smallest absolute Gasteiger partial charge is 0.232 e. The number of amides is 1. The van der Waals surface area contributed by atoms with Crippen molar-refractivity contribution in [2.75, 3.05) is 7.05 Å². The van der Waals surface area contributed by atoms with Crippen molar-refractivity contribution >= 4 is 34.5 Å². The Kier molecular flexibility index (Phi) is 5.41. The van der Waals surface area contributed by atoms with Gasteiger partial charge in [-0.2, -0.15) is 0 Å². The number of benzene rings is 1. The molecule has 0 radical (unpaired) electrons. The molecule has 1 heterocycles. The molecule has 1 aromatic heterocycles. The summed E-state index contributed by atoms with van der Waals surface area (Å²) in [5.41, 5.74) is 9.44. The molecule has 21 heavy (non-hydrogen) atoms. The van der Waals surface area contributed by atoms with Crippen molar-refractivity contribution in [1.82, 2.24) is 9.88 Å². The van der Waals surface area contributed by atoms with Crippen LogP contribution in [0.3, 0.4) is 0 Å². The van der Waals surface area contributed by atoms with Gasteiger partial charge in [0.2, 0.25) is 5.91 Å². The number of rotatable bonds is 6. The summed E-state index contributed by atoms with van der Waals surface area (Å²) < 4.78 is 0. The summed E-state index contributed by atoms with van der Waals surface area (Å²) in [6.07, 6.45) is 0.524. The zero-order valence-electron chi connectivity index (χ0n) is 11.7. The fourth-order valence-corrected chi connectivity index (χ4v) is 2.80. The van der Waals surface area contributed by atoms with Crippen LogP contribution in [0.25, 0.3) is 0 Å². The fraction of sp³-hybridized carbons (Fsp3) is 0.267. The average molecular weight is 319 g/mol. The monoisotopic (exact) mass is 319 g/mol. The van der Waals surface area contributed by atoms with Crippen LogP contribution in [0.5, 0.6) is 0 Å². The van der Waals surface area contributed by atoms with Crippen LogP contribution in [0.1, 0.15) is 11.3 Å². The molecule has 110 valence electrons. The Morgan fingerprint density at radius 1 is 1.43 bits per heavy atom. The van der Waals surface area contributed by atoms with Crippen molar-refractivity contribution in [3.8, 4) is 0 Å². The van der Waals surface area contributed by atoms with Crippen LogP contribution >= 0.6 is 23.6 Å². The Labute approximate surface area is 133 Å². The van der Waals surface area contributed by atoms with Gasteiger partial charge in [0.1, 0.15) is 0 Å². The molecule has 0 fully saturated rings. The molecule has 0 saturated heterocycles. The van der Waals surface area contributed by atoms with Gasteiger partial charge in [0.05, 0.1) is 28.7 Å². The normalized spacial score (nSPS) is 11.9. The van der Waals surface area contributed by atoms with Crippen LogP contribution in [-0.4, -0.2) is 27.8 Å². The van der Waals surface area contributed by atoms with Crippen LogP contribution in [0, 0.1) is 5.92 Å². The fourth-order valence-electron chi connectivity index (χ4n) is 2.06. The van der Waals surface area contributed by atoms with Gasteiger partial charge in [-0.1, -0.05) is 42.5 Å². The highest BCUT2D eigenvalue weighted by Crippen LogP contribution is 2.14. The molecule has 1 unspecified atom stereocenters. The first-order valence-corrected chi connectivity index (χ1v) is 7.88. The van der Waals surface area contributed by atoms with Crippen molar-refractivity contribution in [1.29, 1.82) is 0 Å². The Bertz CT molecular complexity index is 599. The van der Waals surface area contributed by atoms with Crippen molar-refractivity contribution in [2.45, 2.75) is 13.0 Å². The predicted octanol–water partition coefficient (Wildman–Crippen LogP) is 2.25. The van der Waals surface area contributed by atoms with E-state index in [1.807, 2.05) is 35.7 Å². The number of carbonyl (C=O) groups is 1. The Morgan fingerprint density at radius 3 is 2.71 bits per heavy atom. The molecule has 0 aliphatic rings. The number of nitrogens with two attached hydrogens (primary N) is 1. The SMILES string of the molecule is CN(Cc1cscn1)C(=O)C(Cc1ccccc1)C(N)=S. The lowest BCUT2D eigenvalue weighted by molar-refractivity contribution is -0.132. The highest BCUT2D eigenvalue weighted by atomic mass is 32.1. The van der Waals surface area contributed by atoms with E-state index in [0.717, 1.165) is 11.3 Å². The van der Waals surface area contributed by atoms with E-state index in [-0.39, 0.29) is 10.9 Å². The molecule has 0 aliphatic carbocycles. The van der Waals surface area contributed by atoms with Crippen LogP contribution < -0.4 is 5.73 Å². The van der Waals surface area contributed by atoms with E-state index in [1.165, 1.54) is 11.3 Å². The van der Waals surface area contributed by atoms with Gasteiger partial charge in [-0.25, -0.2) is 4.98 Å². The minimum atomic E-state index is -0.481. The summed E-state index contributed by atoms with van der Waals surface area (Å²) in [6.45, 7) is 0.468. The first-order chi connectivity index (χ1) is 10.1. The van der Waals surface area contributed by atoms with Gasteiger partial charge in [0, 0.05) is 12.4 Å². The highest BCUT2D eigenvalue weighted by molar-refractivity contribution is 7.80. The highest BCUT2D eigenvalue weighted by Gasteiger charge is 2.25.